The second-order valence-electron chi connectivity index (χ2n) is 6.81. The molecule has 2 aliphatic heterocycles. The predicted octanol–water partition coefficient (Wildman–Crippen LogP) is 2.39. The largest absolute Gasteiger partial charge is 0.491 e. The first-order valence-corrected chi connectivity index (χ1v) is 9.05. The first-order chi connectivity index (χ1) is 13.4. The summed E-state index contributed by atoms with van der Waals surface area (Å²) >= 11 is 0. The van der Waals surface area contributed by atoms with E-state index in [-0.39, 0.29) is 6.10 Å². The highest BCUT2D eigenvalue weighted by molar-refractivity contribution is 5.99. The Bertz CT molecular complexity index is 795. The van der Waals surface area contributed by atoms with E-state index in [0.717, 1.165) is 23.6 Å². The number of methoxy groups -OCH3 is 2. The molecule has 7 nitrogen and oxygen atoms in total. The minimum absolute atomic E-state index is 0.168. The molecule has 0 spiro atoms. The average molecular weight is 387 g/mol. The minimum Gasteiger partial charge on any atom is -0.491 e. The van der Waals surface area contributed by atoms with Crippen LogP contribution in [0.4, 0.5) is 0 Å². The van der Waals surface area contributed by atoms with Gasteiger partial charge in [-0.05, 0) is 31.5 Å². The summed E-state index contributed by atoms with van der Waals surface area (Å²) in [5.74, 6) is -0.839. The van der Waals surface area contributed by atoms with Gasteiger partial charge in [0.25, 0.3) is 0 Å². The van der Waals surface area contributed by atoms with Crippen LogP contribution in [0, 0.1) is 0 Å². The average Bonchev–Trinajstić information content (AvgIpc) is 3.54. The van der Waals surface area contributed by atoms with E-state index in [9.17, 15) is 9.59 Å². The Labute approximate surface area is 164 Å². The van der Waals surface area contributed by atoms with Gasteiger partial charge in [0.05, 0.1) is 37.9 Å². The molecule has 150 valence electrons. The fraction of sp³-hybridized carbons (Fsp3) is 0.429. The molecule has 0 saturated carbocycles. The molecule has 0 amide bonds. The van der Waals surface area contributed by atoms with Gasteiger partial charge in [0.1, 0.15) is 18.5 Å². The lowest BCUT2D eigenvalue weighted by atomic mass is 9.80. The molecule has 1 fully saturated rings. The summed E-state index contributed by atoms with van der Waals surface area (Å²) in [5, 5.41) is 0. The normalized spacial score (nSPS) is 19.6. The van der Waals surface area contributed by atoms with Crippen molar-refractivity contribution in [2.45, 2.75) is 25.9 Å². The van der Waals surface area contributed by atoms with E-state index in [4.69, 9.17) is 18.9 Å². The number of esters is 2. The van der Waals surface area contributed by atoms with Gasteiger partial charge in [0, 0.05) is 18.4 Å². The number of benzene rings is 1. The summed E-state index contributed by atoms with van der Waals surface area (Å²) in [5.41, 5.74) is 3.07. The van der Waals surface area contributed by atoms with Gasteiger partial charge in [0.15, 0.2) is 0 Å². The summed E-state index contributed by atoms with van der Waals surface area (Å²) in [6.45, 7) is 4.91. The molecule has 2 aliphatic rings. The maximum atomic E-state index is 12.6. The fourth-order valence-corrected chi connectivity index (χ4v) is 3.37. The van der Waals surface area contributed by atoms with Crippen LogP contribution >= 0.6 is 0 Å². The molecule has 1 aromatic carbocycles. The number of allylic oxidation sites excluding steroid dienone is 2. The molecule has 1 saturated heterocycles. The molecule has 0 aliphatic carbocycles. The van der Waals surface area contributed by atoms with Gasteiger partial charge < -0.3 is 23.8 Å². The summed E-state index contributed by atoms with van der Waals surface area (Å²) in [7, 11) is 4.47. The summed E-state index contributed by atoms with van der Waals surface area (Å²) < 4.78 is 20.9. The molecule has 28 heavy (non-hydrogen) atoms. The second-order valence-corrected chi connectivity index (χ2v) is 6.81. The van der Waals surface area contributed by atoms with Crippen LogP contribution in [-0.2, 0) is 23.8 Å². The van der Waals surface area contributed by atoms with Crippen molar-refractivity contribution in [1.29, 1.82) is 0 Å². The topological polar surface area (TPSA) is 77.6 Å². The van der Waals surface area contributed by atoms with E-state index < -0.39 is 17.9 Å². The van der Waals surface area contributed by atoms with E-state index in [1.807, 2.05) is 50.1 Å². The molecular weight excluding hydrogens is 362 g/mol. The van der Waals surface area contributed by atoms with E-state index in [1.54, 1.807) is 0 Å². The van der Waals surface area contributed by atoms with Gasteiger partial charge in [-0.1, -0.05) is 12.1 Å². The lowest BCUT2D eigenvalue weighted by molar-refractivity contribution is -0.137. The Morgan fingerprint density at radius 2 is 1.54 bits per heavy atom. The molecular formula is C21H25NO6. The van der Waals surface area contributed by atoms with Gasteiger partial charge in [-0.15, -0.1) is 0 Å². The summed E-state index contributed by atoms with van der Waals surface area (Å²) in [6.07, 6.45) is 0.168. The Balaban J connectivity index is 2.02. The van der Waals surface area contributed by atoms with Crippen LogP contribution in [0.25, 0.3) is 0 Å². The van der Waals surface area contributed by atoms with Gasteiger partial charge >= 0.3 is 11.9 Å². The highest BCUT2D eigenvalue weighted by Crippen LogP contribution is 2.42. The van der Waals surface area contributed by atoms with E-state index in [1.165, 1.54) is 14.2 Å². The van der Waals surface area contributed by atoms with Crippen molar-refractivity contribution in [3.63, 3.8) is 0 Å². The first-order valence-electron chi connectivity index (χ1n) is 9.05. The number of epoxide rings is 1. The highest BCUT2D eigenvalue weighted by atomic mass is 16.6. The molecule has 0 bridgehead atoms. The van der Waals surface area contributed by atoms with Crippen molar-refractivity contribution >= 4 is 11.9 Å². The van der Waals surface area contributed by atoms with Crippen LogP contribution in [0.2, 0.25) is 0 Å². The summed E-state index contributed by atoms with van der Waals surface area (Å²) in [6, 6.07) is 7.35. The quantitative estimate of drug-likeness (QED) is 0.548. The number of carbonyl (C=O) groups excluding carboxylic acids is 2. The maximum Gasteiger partial charge on any atom is 0.336 e. The van der Waals surface area contributed by atoms with Crippen LogP contribution in [0.5, 0.6) is 5.75 Å². The zero-order valence-electron chi connectivity index (χ0n) is 16.8. The van der Waals surface area contributed by atoms with Crippen LogP contribution in [0.3, 0.4) is 0 Å². The van der Waals surface area contributed by atoms with Crippen LogP contribution in [0.15, 0.2) is 46.8 Å². The third-order valence-corrected chi connectivity index (χ3v) is 5.23. The third-order valence-electron chi connectivity index (χ3n) is 5.23. The van der Waals surface area contributed by atoms with Crippen molar-refractivity contribution in [1.82, 2.24) is 4.90 Å². The molecule has 1 aromatic rings. The molecule has 2 heterocycles. The van der Waals surface area contributed by atoms with Crippen molar-refractivity contribution in [2.75, 3.05) is 34.5 Å². The van der Waals surface area contributed by atoms with Crippen molar-refractivity contribution < 1.29 is 28.5 Å². The molecule has 0 radical (unpaired) electrons. The molecule has 7 heteroatoms. The van der Waals surface area contributed by atoms with Crippen LogP contribution < -0.4 is 4.74 Å². The van der Waals surface area contributed by atoms with E-state index in [2.05, 4.69) is 0 Å². The van der Waals surface area contributed by atoms with Crippen molar-refractivity contribution in [2.24, 2.45) is 0 Å². The van der Waals surface area contributed by atoms with Gasteiger partial charge in [-0.25, -0.2) is 9.59 Å². The monoisotopic (exact) mass is 387 g/mol. The molecule has 0 N–H and O–H groups in total. The van der Waals surface area contributed by atoms with Crippen LogP contribution in [0.1, 0.15) is 25.3 Å². The Hall–Kier alpha value is -2.80. The Kier molecular flexibility index (Phi) is 5.74. The van der Waals surface area contributed by atoms with E-state index >= 15 is 0 Å². The maximum absolute atomic E-state index is 12.6. The number of carbonyl (C=O) groups is 2. The van der Waals surface area contributed by atoms with Crippen molar-refractivity contribution in [3.8, 4) is 5.75 Å². The number of nitrogens with zero attached hydrogens (tertiary/aromatic N) is 1. The molecule has 0 aromatic heterocycles. The standard InChI is InChI=1S/C21H25NO6/c1-12-17(20(23)25-4)19(18(21(24)26-5)13(2)22(12)3)14-6-8-15(9-7-14)27-10-16-11-28-16/h6-9,16,19H,10-11H2,1-5H3. The Morgan fingerprint density at radius 1 is 1.04 bits per heavy atom. The zero-order chi connectivity index (χ0) is 20.4. The molecule has 3 rings (SSSR count). The smallest absolute Gasteiger partial charge is 0.336 e. The molecule has 1 unspecified atom stereocenters. The summed E-state index contributed by atoms with van der Waals surface area (Å²) in [4.78, 5) is 27.0. The number of hydrogen-bond donors (Lipinski definition) is 0. The predicted molar refractivity (Wildman–Crippen MR) is 102 cm³/mol. The Morgan fingerprint density at radius 3 is 1.96 bits per heavy atom. The van der Waals surface area contributed by atoms with Crippen LogP contribution in [-0.4, -0.2) is 57.4 Å². The minimum atomic E-state index is -0.586. The lowest BCUT2D eigenvalue weighted by Crippen LogP contribution is -2.33. The zero-order valence-corrected chi connectivity index (χ0v) is 16.8. The van der Waals surface area contributed by atoms with Gasteiger partial charge in [-0.3, -0.25) is 0 Å². The molecule has 1 atom stereocenters. The number of hydrogen-bond acceptors (Lipinski definition) is 7. The van der Waals surface area contributed by atoms with Crippen molar-refractivity contribution in [3.05, 3.63) is 52.4 Å². The van der Waals surface area contributed by atoms with E-state index in [0.29, 0.717) is 23.5 Å². The number of ether oxygens (including phenoxy) is 4. The SMILES string of the molecule is COC(=O)C1=C(C)N(C)C(C)=C(C(=O)OC)C1c1ccc(OCC2CO2)cc1. The fourth-order valence-electron chi connectivity index (χ4n) is 3.37. The highest BCUT2D eigenvalue weighted by Gasteiger charge is 2.39. The van der Waals surface area contributed by atoms with Gasteiger partial charge in [-0.2, -0.15) is 0 Å². The lowest BCUT2D eigenvalue weighted by Gasteiger charge is -2.35. The number of rotatable bonds is 6. The van der Waals surface area contributed by atoms with Gasteiger partial charge in [0.2, 0.25) is 0 Å². The third kappa shape index (κ3) is 3.75. The first kappa shape index (κ1) is 19.9. The second kappa shape index (κ2) is 8.06.